The van der Waals surface area contributed by atoms with Crippen LogP contribution in [0.1, 0.15) is 35.9 Å². The predicted octanol–water partition coefficient (Wildman–Crippen LogP) is 3.71. The molecule has 5 rings (SSSR count). The summed E-state index contributed by atoms with van der Waals surface area (Å²) in [6.45, 7) is 0. The average molecular weight is 402 g/mol. The second kappa shape index (κ2) is 7.33. The van der Waals surface area contributed by atoms with E-state index in [1.807, 2.05) is 48.5 Å². The molecule has 1 aliphatic heterocycles. The Balaban J connectivity index is 1.55. The Bertz CT molecular complexity index is 1140. The quantitative estimate of drug-likeness (QED) is 0.717. The number of Topliss-reactive ketones (excluding diaryl/α,β-unsaturated/α-hetero) is 1. The van der Waals surface area contributed by atoms with Gasteiger partial charge in [-0.15, -0.1) is 0 Å². The molecule has 1 aromatic heterocycles. The Morgan fingerprint density at radius 3 is 2.57 bits per heavy atom. The van der Waals surface area contributed by atoms with Gasteiger partial charge in [0.1, 0.15) is 12.4 Å². The molecule has 0 fully saturated rings. The fourth-order valence-corrected chi connectivity index (χ4v) is 4.44. The van der Waals surface area contributed by atoms with Crippen LogP contribution < -0.4 is 14.8 Å². The summed E-state index contributed by atoms with van der Waals surface area (Å²) in [4.78, 5) is 17.7. The highest BCUT2D eigenvalue weighted by Crippen LogP contribution is 2.44. The molecule has 30 heavy (non-hydrogen) atoms. The number of nitrogens with one attached hydrogen (secondary N) is 1. The van der Waals surface area contributed by atoms with Gasteiger partial charge < -0.3 is 14.8 Å². The van der Waals surface area contributed by atoms with Crippen LogP contribution in [0.4, 0.5) is 5.95 Å². The van der Waals surface area contributed by atoms with Crippen LogP contribution in [0.25, 0.3) is 0 Å². The van der Waals surface area contributed by atoms with E-state index >= 15 is 0 Å². The molecule has 0 radical (unpaired) electrons. The van der Waals surface area contributed by atoms with Gasteiger partial charge in [0.15, 0.2) is 17.3 Å². The number of methoxy groups -OCH3 is 2. The third-order valence-corrected chi connectivity index (χ3v) is 5.86. The minimum atomic E-state index is -0.265. The van der Waals surface area contributed by atoms with Gasteiger partial charge in [0, 0.05) is 17.7 Å². The minimum Gasteiger partial charge on any atom is -0.493 e. The Morgan fingerprint density at radius 2 is 1.80 bits per heavy atom. The van der Waals surface area contributed by atoms with Gasteiger partial charge in [-0.3, -0.25) is 4.79 Å². The molecule has 0 saturated carbocycles. The molecule has 152 valence electrons. The van der Waals surface area contributed by atoms with Crippen LogP contribution >= 0.6 is 0 Å². The lowest BCUT2D eigenvalue weighted by Gasteiger charge is -2.35. The fourth-order valence-electron chi connectivity index (χ4n) is 4.44. The van der Waals surface area contributed by atoms with Gasteiger partial charge in [-0.2, -0.15) is 10.1 Å². The summed E-state index contributed by atoms with van der Waals surface area (Å²) in [5.74, 6) is 2.17. The lowest BCUT2D eigenvalue weighted by molar-refractivity contribution is -0.116. The summed E-state index contributed by atoms with van der Waals surface area (Å²) in [5.41, 5.74) is 3.77. The second-order valence-corrected chi connectivity index (χ2v) is 7.50. The average Bonchev–Trinajstić information content (AvgIpc) is 3.25. The molecule has 1 aliphatic carbocycles. The summed E-state index contributed by atoms with van der Waals surface area (Å²) in [7, 11) is 3.23. The number of benzene rings is 2. The number of nitrogens with zero attached hydrogens (tertiary/aromatic N) is 3. The van der Waals surface area contributed by atoms with Gasteiger partial charge in [-0.05, 0) is 35.6 Å². The van der Waals surface area contributed by atoms with Crippen LogP contribution in [0.5, 0.6) is 11.5 Å². The van der Waals surface area contributed by atoms with Crippen molar-refractivity contribution in [2.24, 2.45) is 0 Å². The summed E-state index contributed by atoms with van der Waals surface area (Å²) in [5, 5.41) is 7.74. The molecule has 0 spiro atoms. The summed E-state index contributed by atoms with van der Waals surface area (Å²) in [6, 6.07) is 15.6. The molecular weight excluding hydrogens is 380 g/mol. The first-order valence-electron chi connectivity index (χ1n) is 9.89. The van der Waals surface area contributed by atoms with Gasteiger partial charge >= 0.3 is 0 Å². The van der Waals surface area contributed by atoms with E-state index in [9.17, 15) is 4.79 Å². The maximum atomic E-state index is 13.4. The molecule has 3 aromatic rings. The van der Waals surface area contributed by atoms with Crippen LogP contribution in [0.3, 0.4) is 0 Å². The monoisotopic (exact) mass is 402 g/mol. The van der Waals surface area contributed by atoms with E-state index in [1.165, 1.54) is 6.33 Å². The zero-order valence-corrected chi connectivity index (χ0v) is 16.8. The van der Waals surface area contributed by atoms with Crippen molar-refractivity contribution < 1.29 is 14.3 Å². The fraction of sp³-hybridized carbons (Fsp3) is 0.261. The number of allylic oxidation sites excluding steroid dienone is 2. The third-order valence-electron chi connectivity index (χ3n) is 5.86. The Morgan fingerprint density at radius 1 is 1.00 bits per heavy atom. The Labute approximate surface area is 174 Å². The first kappa shape index (κ1) is 18.4. The van der Waals surface area contributed by atoms with Crippen molar-refractivity contribution in [3.05, 3.63) is 77.3 Å². The van der Waals surface area contributed by atoms with E-state index < -0.39 is 0 Å². The van der Waals surface area contributed by atoms with E-state index in [0.717, 1.165) is 22.4 Å². The number of anilines is 1. The van der Waals surface area contributed by atoms with Gasteiger partial charge in [0.05, 0.1) is 14.2 Å². The van der Waals surface area contributed by atoms with Crippen LogP contribution in [-0.4, -0.2) is 34.8 Å². The second-order valence-electron chi connectivity index (χ2n) is 7.50. The Kier molecular flexibility index (Phi) is 4.50. The lowest BCUT2D eigenvalue weighted by Crippen LogP contribution is -2.33. The van der Waals surface area contributed by atoms with Gasteiger partial charge in [-0.1, -0.05) is 36.4 Å². The van der Waals surface area contributed by atoms with E-state index in [0.29, 0.717) is 30.3 Å². The number of carbonyl (C=O) groups is 1. The van der Waals surface area contributed by atoms with Crippen molar-refractivity contribution in [1.82, 2.24) is 14.8 Å². The predicted molar refractivity (Wildman–Crippen MR) is 112 cm³/mol. The largest absolute Gasteiger partial charge is 0.493 e. The van der Waals surface area contributed by atoms with Crippen molar-refractivity contribution in [1.29, 1.82) is 0 Å². The number of rotatable bonds is 4. The summed E-state index contributed by atoms with van der Waals surface area (Å²) < 4.78 is 12.6. The molecule has 0 saturated heterocycles. The van der Waals surface area contributed by atoms with Gasteiger partial charge in [0.2, 0.25) is 5.95 Å². The minimum absolute atomic E-state index is 0.0504. The van der Waals surface area contributed by atoms with E-state index in [-0.39, 0.29) is 17.7 Å². The van der Waals surface area contributed by atoms with Crippen molar-refractivity contribution in [3.63, 3.8) is 0 Å². The highest BCUT2D eigenvalue weighted by Gasteiger charge is 2.39. The molecule has 2 aliphatic rings. The Hall–Kier alpha value is -3.61. The standard InChI is InChI=1S/C23H22N4O3/c1-29-19-9-8-15(12-20(19)30-2)16-10-17-21(18(28)11-16)22(14-6-4-3-5-7-14)27-23(26-17)24-13-25-27/h3-9,12-13,16,22H,10-11H2,1-2H3,(H,24,25,26)/t16-,22+/m1/s1. The smallest absolute Gasteiger partial charge is 0.226 e. The number of hydrogen-bond acceptors (Lipinski definition) is 6. The first-order chi connectivity index (χ1) is 14.7. The molecule has 2 atom stereocenters. The summed E-state index contributed by atoms with van der Waals surface area (Å²) >= 11 is 0. The topological polar surface area (TPSA) is 78.3 Å². The maximum Gasteiger partial charge on any atom is 0.226 e. The molecule has 2 heterocycles. The van der Waals surface area contributed by atoms with E-state index in [1.54, 1.807) is 18.9 Å². The number of ketones is 1. The molecule has 0 amide bonds. The zero-order valence-electron chi connectivity index (χ0n) is 16.8. The molecule has 2 aromatic carbocycles. The number of hydrogen-bond donors (Lipinski definition) is 1. The molecule has 7 heteroatoms. The molecule has 0 bridgehead atoms. The van der Waals surface area contributed by atoms with Crippen molar-refractivity contribution >= 4 is 11.7 Å². The molecule has 0 unspecified atom stereocenters. The first-order valence-corrected chi connectivity index (χ1v) is 9.89. The normalized spacial score (nSPS) is 20.3. The van der Waals surface area contributed by atoms with Gasteiger partial charge in [0.25, 0.3) is 0 Å². The molecule has 1 N–H and O–H groups in total. The van der Waals surface area contributed by atoms with Crippen LogP contribution in [0.15, 0.2) is 66.1 Å². The number of ether oxygens (including phenoxy) is 2. The maximum absolute atomic E-state index is 13.4. The number of fused-ring (bicyclic) bond motifs is 1. The third kappa shape index (κ3) is 2.94. The SMILES string of the molecule is COc1ccc([C@H]2CC(=O)C3=C(C2)Nc2ncnn2[C@H]3c2ccccc2)cc1OC. The lowest BCUT2D eigenvalue weighted by atomic mass is 9.78. The van der Waals surface area contributed by atoms with Crippen molar-refractivity contribution in [2.75, 3.05) is 19.5 Å². The van der Waals surface area contributed by atoms with Crippen molar-refractivity contribution in [3.8, 4) is 11.5 Å². The van der Waals surface area contributed by atoms with Gasteiger partial charge in [-0.25, -0.2) is 4.68 Å². The number of aromatic nitrogens is 3. The zero-order chi connectivity index (χ0) is 20.7. The van der Waals surface area contributed by atoms with Crippen LogP contribution in [0, 0.1) is 0 Å². The van der Waals surface area contributed by atoms with Crippen molar-refractivity contribution in [2.45, 2.75) is 24.8 Å². The highest BCUT2D eigenvalue weighted by molar-refractivity contribution is 6.00. The molecular formula is C23H22N4O3. The van der Waals surface area contributed by atoms with E-state index in [2.05, 4.69) is 15.4 Å². The van der Waals surface area contributed by atoms with Crippen LogP contribution in [-0.2, 0) is 4.79 Å². The number of carbonyl (C=O) groups excluding carboxylic acids is 1. The molecule has 7 nitrogen and oxygen atoms in total. The highest BCUT2D eigenvalue weighted by atomic mass is 16.5. The van der Waals surface area contributed by atoms with E-state index in [4.69, 9.17) is 9.47 Å². The van der Waals surface area contributed by atoms with Crippen LogP contribution in [0.2, 0.25) is 0 Å². The summed E-state index contributed by atoms with van der Waals surface area (Å²) in [6.07, 6.45) is 2.67.